The molecule has 1 N–H and O–H groups in total. The third-order valence-corrected chi connectivity index (χ3v) is 4.59. The topological polar surface area (TPSA) is 37.3 Å². The highest BCUT2D eigenvalue weighted by molar-refractivity contribution is 7.17. The summed E-state index contributed by atoms with van der Waals surface area (Å²) < 4.78 is 3.18. The summed E-state index contributed by atoms with van der Waals surface area (Å²) in [6, 6.07) is 11.6. The fourth-order valence-electron chi connectivity index (χ4n) is 2.69. The molecular weight excluding hydrogens is 294 g/mol. The van der Waals surface area contributed by atoms with Crippen molar-refractivity contribution >= 4 is 33.1 Å². The monoisotopic (exact) mass is 313 g/mol. The van der Waals surface area contributed by atoms with Crippen molar-refractivity contribution in [2.45, 2.75) is 6.54 Å². The zero-order valence-electron chi connectivity index (χ0n) is 13.0. The van der Waals surface area contributed by atoms with Crippen LogP contribution in [0.25, 0.3) is 10.2 Å². The van der Waals surface area contributed by atoms with E-state index in [1.807, 2.05) is 56.0 Å². The number of para-hydroxylation sites is 1. The molecular formula is C17H19N3OS. The fraction of sp³-hybridized carbons (Fsp3) is 0.235. The third kappa shape index (κ3) is 2.65. The second-order valence-corrected chi connectivity index (χ2v) is 6.50. The summed E-state index contributed by atoms with van der Waals surface area (Å²) in [6.07, 6.45) is 0. The Hall–Kier alpha value is -2.11. The number of aryl methyl sites for hydroxylation is 1. The van der Waals surface area contributed by atoms with Gasteiger partial charge in [0.1, 0.15) is 5.69 Å². The minimum atomic E-state index is -0.0612. The third-order valence-electron chi connectivity index (χ3n) is 3.62. The lowest BCUT2D eigenvalue weighted by atomic mass is 10.2. The lowest BCUT2D eigenvalue weighted by Crippen LogP contribution is -2.20. The Balaban J connectivity index is 2.03. The number of aromatic nitrogens is 1. The maximum absolute atomic E-state index is 12.8. The molecule has 0 radical (unpaired) electrons. The van der Waals surface area contributed by atoms with Gasteiger partial charge in [0, 0.05) is 24.8 Å². The molecule has 0 aliphatic heterocycles. The Morgan fingerprint density at radius 2 is 1.95 bits per heavy atom. The van der Waals surface area contributed by atoms with Gasteiger partial charge in [-0.3, -0.25) is 4.79 Å². The van der Waals surface area contributed by atoms with Crippen molar-refractivity contribution in [3.05, 3.63) is 53.0 Å². The summed E-state index contributed by atoms with van der Waals surface area (Å²) in [5.41, 5.74) is 3.75. The number of carbonyl (C=O) groups excluding carboxylic acids is 1. The molecule has 114 valence electrons. The van der Waals surface area contributed by atoms with Crippen LogP contribution in [0, 0.1) is 0 Å². The summed E-state index contributed by atoms with van der Waals surface area (Å²) in [5, 5.41) is 5.06. The van der Waals surface area contributed by atoms with E-state index in [4.69, 9.17) is 0 Å². The molecule has 0 fully saturated rings. The second-order valence-electron chi connectivity index (χ2n) is 5.58. The Bertz CT molecular complexity index is 802. The van der Waals surface area contributed by atoms with Gasteiger partial charge in [-0.1, -0.05) is 18.2 Å². The molecule has 2 heterocycles. The number of benzene rings is 1. The molecule has 5 heteroatoms. The smallest absolute Gasteiger partial charge is 0.272 e. The molecule has 4 nitrogen and oxygen atoms in total. The number of fused-ring (bicyclic) bond motifs is 1. The molecule has 0 bridgehead atoms. The maximum atomic E-state index is 12.8. The van der Waals surface area contributed by atoms with Gasteiger partial charge in [-0.05, 0) is 37.7 Å². The number of carbonyl (C=O) groups is 1. The number of anilines is 1. The van der Waals surface area contributed by atoms with E-state index in [-0.39, 0.29) is 5.91 Å². The number of thiophene rings is 1. The van der Waals surface area contributed by atoms with E-state index in [0.717, 1.165) is 29.0 Å². The quantitative estimate of drug-likeness (QED) is 0.800. The van der Waals surface area contributed by atoms with Crippen LogP contribution < -0.4 is 5.32 Å². The largest absolute Gasteiger partial charge is 0.339 e. The highest BCUT2D eigenvalue weighted by Gasteiger charge is 2.22. The van der Waals surface area contributed by atoms with Crippen LogP contribution in [-0.2, 0) is 13.6 Å². The van der Waals surface area contributed by atoms with E-state index >= 15 is 0 Å². The van der Waals surface area contributed by atoms with E-state index < -0.39 is 0 Å². The molecule has 0 unspecified atom stereocenters. The first-order chi connectivity index (χ1) is 10.6. The van der Waals surface area contributed by atoms with Crippen molar-refractivity contribution in [2.75, 3.05) is 19.4 Å². The van der Waals surface area contributed by atoms with Crippen molar-refractivity contribution in [3.63, 3.8) is 0 Å². The van der Waals surface area contributed by atoms with E-state index in [9.17, 15) is 4.79 Å². The first-order valence-corrected chi connectivity index (χ1v) is 8.01. The lowest BCUT2D eigenvalue weighted by Gasteiger charge is -2.12. The van der Waals surface area contributed by atoms with Gasteiger partial charge in [-0.2, -0.15) is 0 Å². The van der Waals surface area contributed by atoms with Gasteiger partial charge in [0.05, 0.1) is 10.2 Å². The van der Waals surface area contributed by atoms with Gasteiger partial charge >= 0.3 is 0 Å². The molecule has 0 aliphatic carbocycles. The first-order valence-electron chi connectivity index (χ1n) is 7.14. The SMILES string of the molecule is CN(C)Cc1c(C(=O)Nc2ccccc2)n(C)c2ccsc12. The predicted octanol–water partition coefficient (Wildman–Crippen LogP) is 3.55. The molecule has 1 amide bonds. The molecule has 2 aromatic heterocycles. The van der Waals surface area contributed by atoms with Crippen LogP contribution in [0.3, 0.4) is 0 Å². The number of nitrogens with one attached hydrogen (secondary N) is 1. The van der Waals surface area contributed by atoms with Crippen molar-refractivity contribution in [1.29, 1.82) is 0 Å². The second kappa shape index (κ2) is 5.94. The molecule has 22 heavy (non-hydrogen) atoms. The molecule has 0 saturated heterocycles. The van der Waals surface area contributed by atoms with Gasteiger partial charge in [0.15, 0.2) is 0 Å². The highest BCUT2D eigenvalue weighted by atomic mass is 32.1. The van der Waals surface area contributed by atoms with Crippen LogP contribution in [0.4, 0.5) is 5.69 Å². The van der Waals surface area contributed by atoms with Gasteiger partial charge in [0.25, 0.3) is 5.91 Å². The Kier molecular flexibility index (Phi) is 4.00. The minimum absolute atomic E-state index is 0.0612. The first kappa shape index (κ1) is 14.8. The number of hydrogen-bond donors (Lipinski definition) is 1. The van der Waals surface area contributed by atoms with Gasteiger partial charge < -0.3 is 14.8 Å². The fourth-order valence-corrected chi connectivity index (χ4v) is 3.65. The zero-order valence-corrected chi connectivity index (χ0v) is 13.8. The van der Waals surface area contributed by atoms with Crippen molar-refractivity contribution < 1.29 is 4.79 Å². The lowest BCUT2D eigenvalue weighted by molar-refractivity contribution is 0.101. The zero-order chi connectivity index (χ0) is 15.7. The molecule has 1 aromatic carbocycles. The molecule has 0 aliphatic rings. The molecule has 0 spiro atoms. The minimum Gasteiger partial charge on any atom is -0.339 e. The number of amides is 1. The van der Waals surface area contributed by atoms with Crippen LogP contribution in [0.2, 0.25) is 0 Å². The van der Waals surface area contributed by atoms with Crippen molar-refractivity contribution in [1.82, 2.24) is 9.47 Å². The summed E-state index contributed by atoms with van der Waals surface area (Å²) in [7, 11) is 5.99. The highest BCUT2D eigenvalue weighted by Crippen LogP contribution is 2.31. The maximum Gasteiger partial charge on any atom is 0.272 e. The Labute approximate surface area is 134 Å². The van der Waals surface area contributed by atoms with E-state index in [1.165, 1.54) is 4.70 Å². The van der Waals surface area contributed by atoms with Crippen LogP contribution in [0.5, 0.6) is 0 Å². The number of rotatable bonds is 4. The van der Waals surface area contributed by atoms with Crippen molar-refractivity contribution in [2.24, 2.45) is 7.05 Å². The average Bonchev–Trinajstić information content (AvgIpc) is 3.04. The van der Waals surface area contributed by atoms with Crippen LogP contribution in [-0.4, -0.2) is 29.5 Å². The summed E-state index contributed by atoms with van der Waals surface area (Å²) in [5.74, 6) is -0.0612. The van der Waals surface area contributed by atoms with Crippen LogP contribution in [0.15, 0.2) is 41.8 Å². The Morgan fingerprint density at radius 3 is 2.64 bits per heavy atom. The van der Waals surface area contributed by atoms with Crippen LogP contribution in [0.1, 0.15) is 16.1 Å². The average molecular weight is 313 g/mol. The number of nitrogens with zero attached hydrogens (tertiary/aromatic N) is 2. The molecule has 0 saturated carbocycles. The van der Waals surface area contributed by atoms with E-state index in [0.29, 0.717) is 0 Å². The van der Waals surface area contributed by atoms with Gasteiger partial charge in [-0.25, -0.2) is 0 Å². The van der Waals surface area contributed by atoms with Crippen LogP contribution >= 0.6 is 11.3 Å². The summed E-state index contributed by atoms with van der Waals surface area (Å²) in [6.45, 7) is 0.745. The number of hydrogen-bond acceptors (Lipinski definition) is 3. The molecule has 0 atom stereocenters. The van der Waals surface area contributed by atoms with Gasteiger partial charge in [0.2, 0.25) is 0 Å². The van der Waals surface area contributed by atoms with E-state index in [1.54, 1.807) is 11.3 Å². The summed E-state index contributed by atoms with van der Waals surface area (Å²) in [4.78, 5) is 14.9. The van der Waals surface area contributed by atoms with Crippen molar-refractivity contribution in [3.8, 4) is 0 Å². The molecule has 3 aromatic rings. The standard InChI is InChI=1S/C17H19N3OS/c1-19(2)11-13-15(20(3)14-9-10-22-16(13)14)17(21)18-12-7-5-4-6-8-12/h4-10H,11H2,1-3H3,(H,18,21). The Morgan fingerprint density at radius 1 is 1.23 bits per heavy atom. The molecule has 3 rings (SSSR count). The summed E-state index contributed by atoms with van der Waals surface area (Å²) >= 11 is 1.69. The normalized spacial score (nSPS) is 11.3. The predicted molar refractivity (Wildman–Crippen MR) is 92.6 cm³/mol. The van der Waals surface area contributed by atoms with Gasteiger partial charge in [-0.15, -0.1) is 11.3 Å². The van der Waals surface area contributed by atoms with E-state index in [2.05, 4.69) is 21.7 Å².